The van der Waals surface area contributed by atoms with Crippen molar-refractivity contribution in [2.24, 2.45) is 0 Å². The van der Waals surface area contributed by atoms with Crippen LogP contribution in [0.2, 0.25) is 0 Å². The molecule has 0 heterocycles. The Labute approximate surface area is 118 Å². The summed E-state index contributed by atoms with van der Waals surface area (Å²) in [6.07, 6.45) is 0. The summed E-state index contributed by atoms with van der Waals surface area (Å²) in [5.74, 6) is 2.14. The third-order valence-corrected chi connectivity index (χ3v) is 3.00. The third kappa shape index (κ3) is 3.42. The van der Waals surface area contributed by atoms with E-state index in [0.717, 1.165) is 16.9 Å². The molecule has 2 aromatic carbocycles. The Kier molecular flexibility index (Phi) is 4.85. The first kappa shape index (κ1) is 14.2. The fourth-order valence-corrected chi connectivity index (χ4v) is 1.81. The van der Waals surface area contributed by atoms with Crippen LogP contribution in [0.15, 0.2) is 42.5 Å². The fraction of sp³-hybridized carbons (Fsp3) is 0.250. The van der Waals surface area contributed by atoms with Crippen molar-refractivity contribution >= 4 is 0 Å². The lowest BCUT2D eigenvalue weighted by molar-refractivity contribution is 0.258. The number of rotatable bonds is 6. The highest BCUT2D eigenvalue weighted by molar-refractivity contribution is 5.40. The van der Waals surface area contributed by atoms with Crippen molar-refractivity contribution in [3.8, 4) is 17.2 Å². The van der Waals surface area contributed by atoms with Gasteiger partial charge in [0.15, 0.2) is 0 Å². The average Bonchev–Trinajstić information content (AvgIpc) is 2.53. The Morgan fingerprint density at radius 3 is 2.15 bits per heavy atom. The maximum Gasteiger partial charge on any atom is 0.129 e. The van der Waals surface area contributed by atoms with Gasteiger partial charge in [-0.15, -0.1) is 0 Å². The molecule has 0 amide bonds. The molecule has 2 aromatic rings. The second-order valence-electron chi connectivity index (χ2n) is 4.27. The Hall–Kier alpha value is -2.20. The summed E-state index contributed by atoms with van der Waals surface area (Å²) in [7, 11) is 3.23. The molecule has 0 unspecified atom stereocenters. The van der Waals surface area contributed by atoms with Crippen LogP contribution in [-0.4, -0.2) is 19.3 Å². The van der Waals surface area contributed by atoms with E-state index < -0.39 is 0 Å². The lowest BCUT2D eigenvalue weighted by atomic mass is 10.2. The normalized spacial score (nSPS) is 10.2. The number of hydrogen-bond acceptors (Lipinski definition) is 4. The number of benzene rings is 2. The summed E-state index contributed by atoms with van der Waals surface area (Å²) in [5.41, 5.74) is 1.76. The van der Waals surface area contributed by atoms with Gasteiger partial charge in [-0.1, -0.05) is 12.1 Å². The van der Waals surface area contributed by atoms with E-state index in [1.54, 1.807) is 32.4 Å². The van der Waals surface area contributed by atoms with Crippen molar-refractivity contribution in [1.29, 1.82) is 0 Å². The molecule has 2 rings (SSSR count). The van der Waals surface area contributed by atoms with Crippen molar-refractivity contribution in [3.05, 3.63) is 53.6 Å². The molecule has 0 atom stereocenters. The van der Waals surface area contributed by atoms with Crippen molar-refractivity contribution < 1.29 is 19.3 Å². The largest absolute Gasteiger partial charge is 0.497 e. The summed E-state index contributed by atoms with van der Waals surface area (Å²) in [5, 5.41) is 9.31. The Balaban J connectivity index is 2.08. The molecule has 0 aromatic heterocycles. The zero-order valence-electron chi connectivity index (χ0n) is 11.6. The molecule has 0 radical (unpaired) electrons. The van der Waals surface area contributed by atoms with Gasteiger partial charge in [-0.2, -0.15) is 0 Å². The zero-order chi connectivity index (χ0) is 14.4. The van der Waals surface area contributed by atoms with E-state index in [2.05, 4.69) is 0 Å². The maximum atomic E-state index is 9.31. The van der Waals surface area contributed by atoms with Crippen molar-refractivity contribution in [2.45, 2.75) is 13.2 Å². The number of methoxy groups -OCH3 is 2. The van der Waals surface area contributed by atoms with Crippen LogP contribution in [0.1, 0.15) is 11.1 Å². The number of ether oxygens (including phenoxy) is 3. The topological polar surface area (TPSA) is 47.9 Å². The van der Waals surface area contributed by atoms with Gasteiger partial charge in [0.2, 0.25) is 0 Å². The van der Waals surface area contributed by atoms with Gasteiger partial charge in [-0.25, -0.2) is 0 Å². The zero-order valence-corrected chi connectivity index (χ0v) is 11.6. The van der Waals surface area contributed by atoms with Gasteiger partial charge in [0.25, 0.3) is 0 Å². The standard InChI is InChI=1S/C16H18O4/c1-18-14-6-3-12(4-7-14)11-20-16-9-15(19-2)8-5-13(16)10-17/h3-9,17H,10-11H2,1-2H3. The average molecular weight is 274 g/mol. The van der Waals surface area contributed by atoms with E-state index in [1.807, 2.05) is 24.3 Å². The predicted molar refractivity (Wildman–Crippen MR) is 76.2 cm³/mol. The van der Waals surface area contributed by atoms with Gasteiger partial charge >= 0.3 is 0 Å². The number of aliphatic hydroxyl groups is 1. The highest BCUT2D eigenvalue weighted by Gasteiger charge is 2.05. The van der Waals surface area contributed by atoms with Gasteiger partial charge < -0.3 is 19.3 Å². The quantitative estimate of drug-likeness (QED) is 0.880. The maximum absolute atomic E-state index is 9.31. The minimum Gasteiger partial charge on any atom is -0.497 e. The first-order valence-electron chi connectivity index (χ1n) is 6.30. The van der Waals surface area contributed by atoms with E-state index in [9.17, 15) is 5.11 Å². The van der Waals surface area contributed by atoms with Crippen LogP contribution >= 0.6 is 0 Å². The SMILES string of the molecule is COc1ccc(COc2cc(OC)ccc2CO)cc1. The Bertz CT molecular complexity index is 549. The third-order valence-electron chi connectivity index (χ3n) is 3.00. The van der Waals surface area contributed by atoms with Crippen molar-refractivity contribution in [3.63, 3.8) is 0 Å². The second-order valence-corrected chi connectivity index (χ2v) is 4.27. The van der Waals surface area contributed by atoms with Crippen molar-refractivity contribution in [1.82, 2.24) is 0 Å². The van der Waals surface area contributed by atoms with E-state index in [4.69, 9.17) is 14.2 Å². The molecule has 0 saturated carbocycles. The van der Waals surface area contributed by atoms with Crippen LogP contribution < -0.4 is 14.2 Å². The van der Waals surface area contributed by atoms with Crippen LogP contribution in [0, 0.1) is 0 Å². The highest BCUT2D eigenvalue weighted by Crippen LogP contribution is 2.26. The van der Waals surface area contributed by atoms with Crippen LogP contribution in [-0.2, 0) is 13.2 Å². The Morgan fingerprint density at radius 2 is 1.55 bits per heavy atom. The number of hydrogen-bond donors (Lipinski definition) is 1. The molecule has 0 fully saturated rings. The molecule has 0 bridgehead atoms. The van der Waals surface area contributed by atoms with E-state index in [-0.39, 0.29) is 6.61 Å². The van der Waals surface area contributed by atoms with Gasteiger partial charge in [0.1, 0.15) is 23.9 Å². The van der Waals surface area contributed by atoms with Gasteiger partial charge in [0, 0.05) is 11.6 Å². The van der Waals surface area contributed by atoms with Crippen LogP contribution in [0.4, 0.5) is 0 Å². The van der Waals surface area contributed by atoms with Crippen LogP contribution in [0.3, 0.4) is 0 Å². The minimum absolute atomic E-state index is 0.0675. The van der Waals surface area contributed by atoms with Crippen LogP contribution in [0.25, 0.3) is 0 Å². The Morgan fingerprint density at radius 1 is 0.900 bits per heavy atom. The lowest BCUT2D eigenvalue weighted by Gasteiger charge is -2.12. The number of aliphatic hydroxyl groups excluding tert-OH is 1. The first-order valence-corrected chi connectivity index (χ1v) is 6.30. The molecule has 0 aliphatic heterocycles. The summed E-state index contributed by atoms with van der Waals surface area (Å²) in [6, 6.07) is 13.0. The molecule has 0 spiro atoms. The minimum atomic E-state index is -0.0675. The predicted octanol–water partition coefficient (Wildman–Crippen LogP) is 2.78. The molecule has 1 N–H and O–H groups in total. The van der Waals surface area contributed by atoms with Gasteiger partial charge in [0.05, 0.1) is 20.8 Å². The summed E-state index contributed by atoms with van der Waals surface area (Å²) in [4.78, 5) is 0. The molecular weight excluding hydrogens is 256 g/mol. The monoisotopic (exact) mass is 274 g/mol. The first-order chi connectivity index (χ1) is 9.76. The summed E-state index contributed by atoms with van der Waals surface area (Å²) >= 11 is 0. The molecule has 106 valence electrons. The second kappa shape index (κ2) is 6.82. The van der Waals surface area contributed by atoms with Crippen molar-refractivity contribution in [2.75, 3.05) is 14.2 Å². The lowest BCUT2D eigenvalue weighted by Crippen LogP contribution is -1.99. The van der Waals surface area contributed by atoms with Gasteiger partial charge in [-0.05, 0) is 29.8 Å². The molecule has 0 saturated heterocycles. The summed E-state index contributed by atoms with van der Waals surface area (Å²) in [6.45, 7) is 0.353. The summed E-state index contributed by atoms with van der Waals surface area (Å²) < 4.78 is 16.0. The highest BCUT2D eigenvalue weighted by atomic mass is 16.5. The molecule has 4 heteroatoms. The smallest absolute Gasteiger partial charge is 0.129 e. The van der Waals surface area contributed by atoms with Gasteiger partial charge in [-0.3, -0.25) is 0 Å². The molecule has 0 aliphatic rings. The molecule has 0 aliphatic carbocycles. The van der Waals surface area contributed by atoms with E-state index in [1.165, 1.54) is 0 Å². The van der Waals surface area contributed by atoms with Crippen LogP contribution in [0.5, 0.6) is 17.2 Å². The van der Waals surface area contributed by atoms with E-state index in [0.29, 0.717) is 18.1 Å². The molecular formula is C16H18O4. The fourth-order valence-electron chi connectivity index (χ4n) is 1.81. The molecule has 4 nitrogen and oxygen atoms in total. The molecule has 20 heavy (non-hydrogen) atoms. The van der Waals surface area contributed by atoms with E-state index >= 15 is 0 Å².